The Bertz CT molecular complexity index is 994. The van der Waals surface area contributed by atoms with Crippen LogP contribution in [0.4, 0.5) is 5.69 Å². The van der Waals surface area contributed by atoms with Crippen molar-refractivity contribution in [3.8, 4) is 0 Å². The molecule has 0 saturated carbocycles. The first kappa shape index (κ1) is 19.4. The molecule has 2 aromatic carbocycles. The lowest BCUT2D eigenvalue weighted by molar-refractivity contribution is -0.129. The molecule has 6 nitrogen and oxygen atoms in total. The average molecular weight is 378 g/mol. The summed E-state index contributed by atoms with van der Waals surface area (Å²) in [7, 11) is 0. The highest BCUT2D eigenvalue weighted by Crippen LogP contribution is 2.33. The normalized spacial score (nSPS) is 15.1. The van der Waals surface area contributed by atoms with Gasteiger partial charge in [0.2, 0.25) is 11.8 Å². The van der Waals surface area contributed by atoms with Crippen LogP contribution in [0.5, 0.6) is 0 Å². The first-order valence-corrected chi connectivity index (χ1v) is 8.98. The Morgan fingerprint density at radius 2 is 1.86 bits per heavy atom. The Labute approximate surface area is 163 Å². The number of carbonyl (C=O) groups is 3. The number of rotatable bonds is 4. The fourth-order valence-electron chi connectivity index (χ4n) is 3.45. The molecule has 0 fully saturated rings. The van der Waals surface area contributed by atoms with E-state index >= 15 is 0 Å². The third kappa shape index (κ3) is 3.81. The lowest BCUT2D eigenvalue weighted by Gasteiger charge is -2.32. The predicted octanol–water partition coefficient (Wildman–Crippen LogP) is 3.90. The number of hydrogen-bond acceptors (Lipinski definition) is 3. The Hall–Kier alpha value is -3.41. The largest absolute Gasteiger partial charge is 0.478 e. The molecule has 0 bridgehead atoms. The van der Waals surface area contributed by atoms with E-state index in [0.717, 1.165) is 16.7 Å². The standard InChI is InChI=1S/C22H22N2O4/c1-13-10-17(11-19(14(13)2)22(27)28)23-21(26)12-20-18-7-5-4-6-16(18)8-9-24(20)15(3)25/h4-11,20H,12H2,1-3H3,(H,23,26)(H,27,28). The minimum absolute atomic E-state index is 0.0657. The van der Waals surface area contributed by atoms with Crippen LogP contribution in [-0.4, -0.2) is 27.8 Å². The van der Waals surface area contributed by atoms with Gasteiger partial charge in [0.05, 0.1) is 18.0 Å². The number of hydrogen-bond donors (Lipinski definition) is 2. The quantitative estimate of drug-likeness (QED) is 0.845. The fourth-order valence-corrected chi connectivity index (χ4v) is 3.45. The molecule has 144 valence electrons. The lowest BCUT2D eigenvalue weighted by Crippen LogP contribution is -2.33. The maximum Gasteiger partial charge on any atom is 0.336 e. The highest BCUT2D eigenvalue weighted by molar-refractivity contribution is 5.95. The number of carbonyl (C=O) groups excluding carboxylic acids is 2. The van der Waals surface area contributed by atoms with Gasteiger partial charge in [0, 0.05) is 18.8 Å². The number of anilines is 1. The molecule has 2 amide bonds. The summed E-state index contributed by atoms with van der Waals surface area (Å²) in [6, 6.07) is 10.4. The Balaban J connectivity index is 1.85. The summed E-state index contributed by atoms with van der Waals surface area (Å²) in [5.41, 5.74) is 3.91. The zero-order valence-corrected chi connectivity index (χ0v) is 16.0. The van der Waals surface area contributed by atoms with Gasteiger partial charge in [0.25, 0.3) is 0 Å². The van der Waals surface area contributed by atoms with Crippen molar-refractivity contribution in [1.82, 2.24) is 4.90 Å². The third-order valence-electron chi connectivity index (χ3n) is 5.03. The number of nitrogens with one attached hydrogen (secondary N) is 1. The monoisotopic (exact) mass is 378 g/mol. The van der Waals surface area contributed by atoms with Crippen molar-refractivity contribution in [1.29, 1.82) is 0 Å². The molecule has 1 aliphatic heterocycles. The predicted molar refractivity (Wildman–Crippen MR) is 107 cm³/mol. The van der Waals surface area contributed by atoms with E-state index in [4.69, 9.17) is 0 Å². The molecule has 28 heavy (non-hydrogen) atoms. The van der Waals surface area contributed by atoms with E-state index in [9.17, 15) is 19.5 Å². The minimum Gasteiger partial charge on any atom is -0.478 e. The van der Waals surface area contributed by atoms with E-state index in [-0.39, 0.29) is 23.8 Å². The van der Waals surface area contributed by atoms with Crippen molar-refractivity contribution in [3.63, 3.8) is 0 Å². The highest BCUT2D eigenvalue weighted by Gasteiger charge is 2.28. The molecule has 6 heteroatoms. The van der Waals surface area contributed by atoms with Crippen LogP contribution in [0.1, 0.15) is 52.0 Å². The van der Waals surface area contributed by atoms with E-state index in [1.54, 1.807) is 31.0 Å². The van der Waals surface area contributed by atoms with E-state index in [1.165, 1.54) is 13.0 Å². The number of carboxylic acid groups (broad SMARTS) is 1. The van der Waals surface area contributed by atoms with Gasteiger partial charge in [-0.1, -0.05) is 24.3 Å². The van der Waals surface area contributed by atoms with Crippen molar-refractivity contribution in [2.45, 2.75) is 33.2 Å². The maximum absolute atomic E-state index is 12.7. The molecule has 1 aliphatic rings. The third-order valence-corrected chi connectivity index (χ3v) is 5.03. The van der Waals surface area contributed by atoms with E-state index < -0.39 is 12.0 Å². The molecule has 2 aromatic rings. The molecule has 1 atom stereocenters. The van der Waals surface area contributed by atoms with Crippen LogP contribution >= 0.6 is 0 Å². The molecular formula is C22H22N2O4. The summed E-state index contributed by atoms with van der Waals surface area (Å²) in [6.07, 6.45) is 3.62. The second-order valence-corrected chi connectivity index (χ2v) is 6.91. The van der Waals surface area contributed by atoms with Gasteiger partial charge in [-0.15, -0.1) is 0 Å². The van der Waals surface area contributed by atoms with Crippen molar-refractivity contribution in [2.24, 2.45) is 0 Å². The topological polar surface area (TPSA) is 86.7 Å². The van der Waals surface area contributed by atoms with E-state index in [2.05, 4.69) is 5.32 Å². The Morgan fingerprint density at radius 3 is 2.54 bits per heavy atom. The van der Waals surface area contributed by atoms with Crippen LogP contribution in [0.25, 0.3) is 6.08 Å². The fraction of sp³-hybridized carbons (Fsp3) is 0.227. The Morgan fingerprint density at radius 1 is 1.14 bits per heavy atom. The maximum atomic E-state index is 12.7. The molecule has 1 unspecified atom stereocenters. The lowest BCUT2D eigenvalue weighted by atomic mass is 9.93. The molecular weight excluding hydrogens is 356 g/mol. The van der Waals surface area contributed by atoms with Gasteiger partial charge >= 0.3 is 5.97 Å². The van der Waals surface area contributed by atoms with Gasteiger partial charge in [0.1, 0.15) is 0 Å². The van der Waals surface area contributed by atoms with Gasteiger partial charge in [-0.3, -0.25) is 9.59 Å². The molecule has 0 aromatic heterocycles. The molecule has 3 rings (SSSR count). The van der Waals surface area contributed by atoms with Crippen LogP contribution < -0.4 is 5.32 Å². The summed E-state index contributed by atoms with van der Waals surface area (Å²) in [5.74, 6) is -1.48. The Kier molecular flexibility index (Phi) is 5.31. The van der Waals surface area contributed by atoms with Crippen molar-refractivity contribution in [3.05, 3.63) is 70.4 Å². The summed E-state index contributed by atoms with van der Waals surface area (Å²) < 4.78 is 0. The molecule has 2 N–H and O–H groups in total. The summed E-state index contributed by atoms with van der Waals surface area (Å²) in [6.45, 7) is 5.00. The molecule has 0 radical (unpaired) electrons. The second-order valence-electron chi connectivity index (χ2n) is 6.91. The SMILES string of the molecule is CC(=O)N1C=Cc2ccccc2C1CC(=O)Nc1cc(C)c(C)c(C(=O)O)c1. The average Bonchev–Trinajstić information content (AvgIpc) is 2.64. The van der Waals surface area contributed by atoms with Crippen molar-refractivity contribution >= 4 is 29.5 Å². The van der Waals surface area contributed by atoms with Crippen LogP contribution in [0, 0.1) is 13.8 Å². The number of amides is 2. The number of benzene rings is 2. The number of carboxylic acids is 1. The van der Waals surface area contributed by atoms with E-state index in [0.29, 0.717) is 11.3 Å². The second kappa shape index (κ2) is 7.68. The molecule has 1 heterocycles. The first-order chi connectivity index (χ1) is 13.3. The number of aromatic carboxylic acids is 1. The van der Waals surface area contributed by atoms with Crippen molar-refractivity contribution < 1.29 is 19.5 Å². The summed E-state index contributed by atoms with van der Waals surface area (Å²) in [5, 5.41) is 12.1. The number of nitrogens with zero attached hydrogens (tertiary/aromatic N) is 1. The van der Waals surface area contributed by atoms with Gasteiger partial charge in [-0.05, 0) is 54.3 Å². The van der Waals surface area contributed by atoms with Crippen molar-refractivity contribution in [2.75, 3.05) is 5.32 Å². The van der Waals surface area contributed by atoms with Crippen LogP contribution in [0.15, 0.2) is 42.6 Å². The summed E-state index contributed by atoms with van der Waals surface area (Å²) >= 11 is 0. The van der Waals surface area contributed by atoms with Crippen LogP contribution in [0.2, 0.25) is 0 Å². The zero-order valence-electron chi connectivity index (χ0n) is 16.0. The molecule has 0 saturated heterocycles. The van der Waals surface area contributed by atoms with Gasteiger partial charge in [-0.2, -0.15) is 0 Å². The van der Waals surface area contributed by atoms with Gasteiger partial charge < -0.3 is 15.3 Å². The molecule has 0 spiro atoms. The van der Waals surface area contributed by atoms with Gasteiger partial charge in [-0.25, -0.2) is 4.79 Å². The molecule has 0 aliphatic carbocycles. The first-order valence-electron chi connectivity index (χ1n) is 8.98. The smallest absolute Gasteiger partial charge is 0.336 e. The van der Waals surface area contributed by atoms with Crippen LogP contribution in [-0.2, 0) is 9.59 Å². The zero-order chi connectivity index (χ0) is 20.4. The van der Waals surface area contributed by atoms with Gasteiger partial charge in [0.15, 0.2) is 0 Å². The van der Waals surface area contributed by atoms with Crippen LogP contribution in [0.3, 0.4) is 0 Å². The number of aryl methyl sites for hydroxylation is 1. The summed E-state index contributed by atoms with van der Waals surface area (Å²) in [4.78, 5) is 37.7. The van der Waals surface area contributed by atoms with E-state index in [1.807, 2.05) is 30.3 Å². The number of fused-ring (bicyclic) bond motifs is 1. The minimum atomic E-state index is -1.04. The highest BCUT2D eigenvalue weighted by atomic mass is 16.4.